The Hall–Kier alpha value is -3.66. The van der Waals surface area contributed by atoms with Crippen molar-refractivity contribution in [1.29, 1.82) is 0 Å². The van der Waals surface area contributed by atoms with E-state index in [4.69, 9.17) is 4.74 Å². The Labute approximate surface area is 209 Å². The van der Waals surface area contributed by atoms with Crippen LogP contribution in [0.15, 0.2) is 79.4 Å². The molecule has 0 spiro atoms. The van der Waals surface area contributed by atoms with E-state index < -0.39 is 0 Å². The molecule has 4 aromatic rings. The Morgan fingerprint density at radius 3 is 1.74 bits per heavy atom. The highest BCUT2D eigenvalue weighted by molar-refractivity contribution is 5.71. The molecular formula is C31H35N3O. The molecule has 0 aliphatic heterocycles. The SMILES string of the molecule is C=Cn1c(-c2ccc(C)cc2)nnc1-c1ccc(-c2ccc(OCCCCCCCC)cc2)cc1. The van der Waals surface area contributed by atoms with Gasteiger partial charge in [-0.25, -0.2) is 0 Å². The van der Waals surface area contributed by atoms with Crippen molar-refractivity contribution in [3.8, 4) is 39.7 Å². The highest BCUT2D eigenvalue weighted by atomic mass is 16.5. The zero-order valence-electron chi connectivity index (χ0n) is 20.9. The molecule has 4 heteroatoms. The van der Waals surface area contributed by atoms with Crippen LogP contribution in [0.25, 0.3) is 40.1 Å². The van der Waals surface area contributed by atoms with Crippen molar-refractivity contribution >= 4 is 6.20 Å². The first-order chi connectivity index (χ1) is 17.2. The Morgan fingerprint density at radius 2 is 1.17 bits per heavy atom. The van der Waals surface area contributed by atoms with Crippen molar-refractivity contribution in [2.75, 3.05) is 6.61 Å². The molecule has 0 fully saturated rings. The minimum Gasteiger partial charge on any atom is -0.494 e. The molecule has 0 bridgehead atoms. The topological polar surface area (TPSA) is 39.9 Å². The van der Waals surface area contributed by atoms with Gasteiger partial charge in [-0.3, -0.25) is 4.57 Å². The third-order valence-electron chi connectivity index (χ3n) is 6.29. The fourth-order valence-corrected chi connectivity index (χ4v) is 4.19. The van der Waals surface area contributed by atoms with Gasteiger partial charge in [-0.2, -0.15) is 0 Å². The number of rotatable bonds is 12. The van der Waals surface area contributed by atoms with Crippen LogP contribution in [-0.2, 0) is 0 Å². The highest BCUT2D eigenvalue weighted by Gasteiger charge is 2.13. The van der Waals surface area contributed by atoms with Crippen LogP contribution in [0.4, 0.5) is 0 Å². The first-order valence-corrected chi connectivity index (χ1v) is 12.7. The van der Waals surface area contributed by atoms with Crippen molar-refractivity contribution in [2.45, 2.75) is 52.4 Å². The summed E-state index contributed by atoms with van der Waals surface area (Å²) in [7, 11) is 0. The summed E-state index contributed by atoms with van der Waals surface area (Å²) in [6.07, 6.45) is 9.41. The van der Waals surface area contributed by atoms with Crippen molar-refractivity contribution in [2.24, 2.45) is 0 Å². The van der Waals surface area contributed by atoms with Gasteiger partial charge in [0.1, 0.15) is 5.75 Å². The van der Waals surface area contributed by atoms with Gasteiger partial charge < -0.3 is 4.74 Å². The van der Waals surface area contributed by atoms with Gasteiger partial charge in [-0.15, -0.1) is 10.2 Å². The Morgan fingerprint density at radius 1 is 0.686 bits per heavy atom. The van der Waals surface area contributed by atoms with E-state index in [9.17, 15) is 0 Å². The van der Waals surface area contributed by atoms with Gasteiger partial charge in [-0.1, -0.05) is 112 Å². The van der Waals surface area contributed by atoms with Crippen LogP contribution in [0.1, 0.15) is 51.0 Å². The van der Waals surface area contributed by atoms with E-state index in [0.717, 1.165) is 52.7 Å². The standard InChI is InChI=1S/C31H35N3O/c1-4-6-7-8-9-10-23-35-29-21-19-26(20-22-29)25-15-17-28(18-16-25)31-33-32-30(34(31)5-2)27-13-11-24(3)12-14-27/h5,11-22H,2,4,6-10,23H2,1,3H3. The molecule has 0 aliphatic carbocycles. The molecular weight excluding hydrogens is 430 g/mol. The molecule has 4 rings (SSSR count). The van der Waals surface area contributed by atoms with Gasteiger partial charge in [-0.05, 0) is 36.6 Å². The van der Waals surface area contributed by atoms with E-state index >= 15 is 0 Å². The largest absolute Gasteiger partial charge is 0.494 e. The van der Waals surface area contributed by atoms with Gasteiger partial charge >= 0.3 is 0 Å². The van der Waals surface area contributed by atoms with Gasteiger partial charge in [0.05, 0.1) is 6.61 Å². The second kappa shape index (κ2) is 12.2. The van der Waals surface area contributed by atoms with Crippen molar-refractivity contribution in [3.05, 3.63) is 84.9 Å². The van der Waals surface area contributed by atoms with Crippen LogP contribution in [0.3, 0.4) is 0 Å². The number of aryl methyl sites for hydroxylation is 1. The van der Waals surface area contributed by atoms with Crippen LogP contribution in [-0.4, -0.2) is 21.4 Å². The quantitative estimate of drug-likeness (QED) is 0.197. The molecule has 0 saturated carbocycles. The summed E-state index contributed by atoms with van der Waals surface area (Å²) >= 11 is 0. The predicted molar refractivity (Wildman–Crippen MR) is 146 cm³/mol. The molecule has 0 atom stereocenters. The summed E-state index contributed by atoms with van der Waals surface area (Å²) in [5, 5.41) is 8.88. The molecule has 180 valence electrons. The maximum Gasteiger partial charge on any atom is 0.168 e. The lowest BCUT2D eigenvalue weighted by Gasteiger charge is -2.09. The fraction of sp³-hybridized carbons (Fsp3) is 0.290. The van der Waals surface area contributed by atoms with E-state index in [-0.39, 0.29) is 0 Å². The van der Waals surface area contributed by atoms with E-state index in [2.05, 4.69) is 103 Å². The van der Waals surface area contributed by atoms with Crippen molar-refractivity contribution < 1.29 is 4.74 Å². The first kappa shape index (κ1) is 24.5. The van der Waals surface area contributed by atoms with Crippen LogP contribution in [0.5, 0.6) is 5.75 Å². The van der Waals surface area contributed by atoms with Gasteiger partial charge in [0.15, 0.2) is 11.6 Å². The van der Waals surface area contributed by atoms with E-state index in [1.165, 1.54) is 37.7 Å². The molecule has 0 unspecified atom stereocenters. The number of ether oxygens (including phenoxy) is 1. The molecule has 3 aromatic carbocycles. The number of unbranched alkanes of at least 4 members (excludes halogenated alkanes) is 5. The molecule has 1 heterocycles. The second-order valence-electron chi connectivity index (χ2n) is 8.98. The van der Waals surface area contributed by atoms with Crippen LogP contribution < -0.4 is 4.74 Å². The normalized spacial score (nSPS) is 10.9. The number of nitrogens with zero attached hydrogens (tertiary/aromatic N) is 3. The molecule has 0 amide bonds. The van der Waals surface area contributed by atoms with E-state index in [1.54, 1.807) is 6.20 Å². The monoisotopic (exact) mass is 465 g/mol. The number of hydrogen-bond acceptors (Lipinski definition) is 3. The zero-order chi connectivity index (χ0) is 24.5. The van der Waals surface area contributed by atoms with Crippen LogP contribution >= 0.6 is 0 Å². The van der Waals surface area contributed by atoms with E-state index in [1.807, 2.05) is 4.57 Å². The van der Waals surface area contributed by atoms with E-state index in [0.29, 0.717) is 0 Å². The minimum absolute atomic E-state index is 0.778. The number of aromatic nitrogens is 3. The van der Waals surface area contributed by atoms with Crippen LogP contribution in [0.2, 0.25) is 0 Å². The Bertz CT molecular complexity index is 1210. The second-order valence-corrected chi connectivity index (χ2v) is 8.98. The minimum atomic E-state index is 0.778. The summed E-state index contributed by atoms with van der Waals surface area (Å²) in [5.74, 6) is 2.50. The summed E-state index contributed by atoms with van der Waals surface area (Å²) in [6.45, 7) is 9.09. The lowest BCUT2D eigenvalue weighted by Crippen LogP contribution is -1.97. The maximum atomic E-state index is 5.92. The lowest BCUT2D eigenvalue weighted by atomic mass is 10.0. The van der Waals surface area contributed by atoms with Gasteiger partial charge in [0.2, 0.25) is 0 Å². The molecule has 0 radical (unpaired) electrons. The predicted octanol–water partition coefficient (Wildman–Crippen LogP) is 8.43. The summed E-state index contributed by atoms with van der Waals surface area (Å²) in [5.41, 5.74) is 5.54. The van der Waals surface area contributed by atoms with Gasteiger partial charge in [0.25, 0.3) is 0 Å². The zero-order valence-corrected chi connectivity index (χ0v) is 20.9. The molecule has 0 saturated heterocycles. The smallest absolute Gasteiger partial charge is 0.168 e. The van der Waals surface area contributed by atoms with Crippen molar-refractivity contribution in [3.63, 3.8) is 0 Å². The van der Waals surface area contributed by atoms with Gasteiger partial charge in [0, 0.05) is 17.3 Å². The third kappa shape index (κ3) is 6.27. The number of hydrogen-bond donors (Lipinski definition) is 0. The lowest BCUT2D eigenvalue weighted by molar-refractivity contribution is 0.304. The highest BCUT2D eigenvalue weighted by Crippen LogP contribution is 2.28. The summed E-state index contributed by atoms with van der Waals surface area (Å²) in [4.78, 5) is 0. The Kier molecular flexibility index (Phi) is 8.50. The Balaban J connectivity index is 1.39. The summed E-state index contributed by atoms with van der Waals surface area (Å²) in [6, 6.07) is 25.0. The first-order valence-electron chi connectivity index (χ1n) is 12.7. The third-order valence-corrected chi connectivity index (χ3v) is 6.29. The van der Waals surface area contributed by atoms with Crippen LogP contribution in [0, 0.1) is 6.92 Å². The molecule has 0 N–H and O–H groups in total. The van der Waals surface area contributed by atoms with Crippen molar-refractivity contribution in [1.82, 2.24) is 14.8 Å². The molecule has 35 heavy (non-hydrogen) atoms. The average Bonchev–Trinajstić information content (AvgIpc) is 3.33. The number of benzene rings is 3. The average molecular weight is 466 g/mol. The molecule has 1 aromatic heterocycles. The molecule has 4 nitrogen and oxygen atoms in total. The maximum absolute atomic E-state index is 5.92. The fourth-order valence-electron chi connectivity index (χ4n) is 4.19. The summed E-state index contributed by atoms with van der Waals surface area (Å²) < 4.78 is 7.86. The molecule has 0 aliphatic rings.